The van der Waals surface area contributed by atoms with Gasteiger partial charge in [-0.15, -0.1) is 0 Å². The molecule has 0 aromatic heterocycles. The third-order valence-electron chi connectivity index (χ3n) is 1.66. The molecular formula is C9H9Cl2NO. The van der Waals surface area contributed by atoms with Crippen molar-refractivity contribution in [3.8, 4) is 0 Å². The first-order chi connectivity index (χ1) is 6.15. The van der Waals surface area contributed by atoms with E-state index in [-0.39, 0.29) is 12.3 Å². The quantitative estimate of drug-likeness (QED) is 0.810. The van der Waals surface area contributed by atoms with E-state index in [2.05, 4.69) is 5.32 Å². The minimum atomic E-state index is -0.0795. The Labute approximate surface area is 86.8 Å². The molecule has 0 spiro atoms. The highest BCUT2D eigenvalue weighted by Gasteiger charge is 2.07. The van der Waals surface area contributed by atoms with Crippen molar-refractivity contribution < 1.29 is 4.79 Å². The lowest BCUT2D eigenvalue weighted by atomic mass is 10.1. The van der Waals surface area contributed by atoms with Crippen molar-refractivity contribution >= 4 is 29.1 Å². The van der Waals surface area contributed by atoms with E-state index in [1.54, 1.807) is 25.2 Å². The van der Waals surface area contributed by atoms with Crippen LogP contribution >= 0.6 is 23.2 Å². The summed E-state index contributed by atoms with van der Waals surface area (Å²) in [5, 5.41) is 3.45. The van der Waals surface area contributed by atoms with Gasteiger partial charge in [0.25, 0.3) is 0 Å². The van der Waals surface area contributed by atoms with Crippen LogP contribution in [0.4, 0.5) is 0 Å². The van der Waals surface area contributed by atoms with Gasteiger partial charge in [-0.25, -0.2) is 0 Å². The molecule has 1 aromatic rings. The van der Waals surface area contributed by atoms with Crippen molar-refractivity contribution in [1.29, 1.82) is 0 Å². The van der Waals surface area contributed by atoms with Crippen LogP contribution in [0.3, 0.4) is 0 Å². The van der Waals surface area contributed by atoms with Crippen molar-refractivity contribution in [2.24, 2.45) is 0 Å². The molecule has 1 N–H and O–H groups in total. The summed E-state index contributed by atoms with van der Waals surface area (Å²) in [6, 6.07) is 5.24. The van der Waals surface area contributed by atoms with Gasteiger partial charge < -0.3 is 5.32 Å². The van der Waals surface area contributed by atoms with Crippen molar-refractivity contribution in [1.82, 2.24) is 5.32 Å². The summed E-state index contributed by atoms with van der Waals surface area (Å²) < 4.78 is 0. The number of halogens is 2. The number of amides is 1. The van der Waals surface area contributed by atoms with Gasteiger partial charge in [-0.3, -0.25) is 4.79 Å². The Kier molecular flexibility index (Phi) is 3.58. The Morgan fingerprint density at radius 3 is 2.77 bits per heavy atom. The fourth-order valence-corrected chi connectivity index (χ4v) is 1.33. The van der Waals surface area contributed by atoms with Gasteiger partial charge in [-0.2, -0.15) is 0 Å². The highest BCUT2D eigenvalue weighted by atomic mass is 35.5. The molecule has 0 aliphatic heterocycles. The fraction of sp³-hybridized carbons (Fsp3) is 0.222. The van der Waals surface area contributed by atoms with Crippen LogP contribution in [0.25, 0.3) is 0 Å². The fourth-order valence-electron chi connectivity index (χ4n) is 0.946. The first kappa shape index (κ1) is 10.4. The van der Waals surface area contributed by atoms with E-state index in [1.165, 1.54) is 0 Å². The predicted molar refractivity (Wildman–Crippen MR) is 54.2 cm³/mol. The lowest BCUT2D eigenvalue weighted by Crippen LogP contribution is -2.20. The maximum absolute atomic E-state index is 11.0. The third kappa shape index (κ3) is 2.61. The molecule has 70 valence electrons. The first-order valence-electron chi connectivity index (χ1n) is 3.78. The van der Waals surface area contributed by atoms with Gasteiger partial charge in [0.05, 0.1) is 16.5 Å². The summed E-state index contributed by atoms with van der Waals surface area (Å²) in [6.07, 6.45) is 0.260. The molecule has 0 unspecified atom stereocenters. The van der Waals surface area contributed by atoms with Crippen LogP contribution in [-0.2, 0) is 11.2 Å². The number of hydrogen-bond acceptors (Lipinski definition) is 1. The van der Waals surface area contributed by atoms with Gasteiger partial charge in [0.15, 0.2) is 0 Å². The zero-order valence-corrected chi connectivity index (χ0v) is 8.62. The molecule has 0 aliphatic rings. The highest BCUT2D eigenvalue weighted by molar-refractivity contribution is 6.42. The minimum absolute atomic E-state index is 0.0795. The molecule has 1 rings (SSSR count). The van der Waals surface area contributed by atoms with Gasteiger partial charge in [-0.1, -0.05) is 35.3 Å². The molecule has 0 heterocycles. The minimum Gasteiger partial charge on any atom is -0.359 e. The van der Waals surface area contributed by atoms with E-state index in [4.69, 9.17) is 23.2 Å². The average molecular weight is 218 g/mol. The Morgan fingerprint density at radius 2 is 2.15 bits per heavy atom. The molecule has 0 atom stereocenters. The second-order valence-corrected chi connectivity index (χ2v) is 3.35. The SMILES string of the molecule is CNC(=O)Cc1cccc(Cl)c1Cl. The summed E-state index contributed by atoms with van der Waals surface area (Å²) in [5.74, 6) is -0.0795. The zero-order valence-electron chi connectivity index (χ0n) is 7.10. The van der Waals surface area contributed by atoms with Gasteiger partial charge in [0.2, 0.25) is 5.91 Å². The number of carbonyl (C=O) groups is 1. The second kappa shape index (κ2) is 4.49. The number of rotatable bonds is 2. The van der Waals surface area contributed by atoms with E-state index >= 15 is 0 Å². The van der Waals surface area contributed by atoms with Crippen LogP contribution in [0.5, 0.6) is 0 Å². The number of likely N-dealkylation sites (N-methyl/N-ethyl adjacent to an activating group) is 1. The molecule has 0 aliphatic carbocycles. The lowest BCUT2D eigenvalue weighted by Gasteiger charge is -2.03. The zero-order chi connectivity index (χ0) is 9.84. The molecule has 0 radical (unpaired) electrons. The molecular weight excluding hydrogens is 209 g/mol. The maximum atomic E-state index is 11.0. The molecule has 0 saturated heterocycles. The van der Waals surface area contributed by atoms with Gasteiger partial charge in [0, 0.05) is 7.05 Å². The molecule has 0 saturated carbocycles. The van der Waals surface area contributed by atoms with Crippen molar-refractivity contribution in [3.05, 3.63) is 33.8 Å². The first-order valence-corrected chi connectivity index (χ1v) is 4.54. The molecule has 1 aromatic carbocycles. The van der Waals surface area contributed by atoms with Crippen LogP contribution in [-0.4, -0.2) is 13.0 Å². The predicted octanol–water partition coefficient (Wildman–Crippen LogP) is 2.28. The smallest absolute Gasteiger partial charge is 0.224 e. The largest absolute Gasteiger partial charge is 0.359 e. The Bertz CT molecular complexity index is 325. The molecule has 1 amide bonds. The summed E-state index contributed by atoms with van der Waals surface area (Å²) in [6.45, 7) is 0. The van der Waals surface area contributed by atoms with Crippen molar-refractivity contribution in [2.45, 2.75) is 6.42 Å². The number of nitrogens with one attached hydrogen (secondary N) is 1. The van der Waals surface area contributed by atoms with E-state index in [0.29, 0.717) is 10.0 Å². The third-order valence-corrected chi connectivity index (χ3v) is 2.52. The van der Waals surface area contributed by atoms with E-state index < -0.39 is 0 Å². The molecule has 2 nitrogen and oxygen atoms in total. The summed E-state index contributed by atoms with van der Waals surface area (Å²) in [7, 11) is 1.58. The number of carbonyl (C=O) groups excluding carboxylic acids is 1. The van der Waals surface area contributed by atoms with Crippen LogP contribution in [0.2, 0.25) is 10.0 Å². The maximum Gasteiger partial charge on any atom is 0.224 e. The Morgan fingerprint density at radius 1 is 1.46 bits per heavy atom. The van der Waals surface area contributed by atoms with E-state index in [0.717, 1.165) is 5.56 Å². The summed E-state index contributed by atoms with van der Waals surface area (Å²) >= 11 is 11.7. The summed E-state index contributed by atoms with van der Waals surface area (Å²) in [5.41, 5.74) is 0.744. The Hall–Kier alpha value is -0.730. The van der Waals surface area contributed by atoms with Crippen LogP contribution in [0, 0.1) is 0 Å². The van der Waals surface area contributed by atoms with Crippen LogP contribution < -0.4 is 5.32 Å². The lowest BCUT2D eigenvalue weighted by molar-refractivity contribution is -0.119. The molecule has 13 heavy (non-hydrogen) atoms. The topological polar surface area (TPSA) is 29.1 Å². The van der Waals surface area contributed by atoms with Gasteiger partial charge in [0.1, 0.15) is 0 Å². The molecule has 0 bridgehead atoms. The van der Waals surface area contributed by atoms with Crippen molar-refractivity contribution in [3.63, 3.8) is 0 Å². The van der Waals surface area contributed by atoms with Crippen LogP contribution in [0.15, 0.2) is 18.2 Å². The monoisotopic (exact) mass is 217 g/mol. The number of hydrogen-bond donors (Lipinski definition) is 1. The van der Waals surface area contributed by atoms with E-state index in [9.17, 15) is 4.79 Å². The second-order valence-electron chi connectivity index (χ2n) is 2.56. The molecule has 0 fully saturated rings. The number of benzene rings is 1. The average Bonchev–Trinajstić information content (AvgIpc) is 2.13. The van der Waals surface area contributed by atoms with Crippen molar-refractivity contribution in [2.75, 3.05) is 7.05 Å². The normalized spacial score (nSPS) is 9.77. The summed E-state index contributed by atoms with van der Waals surface area (Å²) in [4.78, 5) is 11.0. The van der Waals surface area contributed by atoms with Gasteiger partial charge in [-0.05, 0) is 11.6 Å². The van der Waals surface area contributed by atoms with E-state index in [1.807, 2.05) is 0 Å². The molecule has 4 heteroatoms. The highest BCUT2D eigenvalue weighted by Crippen LogP contribution is 2.25. The Balaban J connectivity index is 2.89. The van der Waals surface area contributed by atoms with Gasteiger partial charge >= 0.3 is 0 Å². The van der Waals surface area contributed by atoms with Crippen LogP contribution in [0.1, 0.15) is 5.56 Å². The standard InChI is InChI=1S/C9H9Cl2NO/c1-12-8(13)5-6-3-2-4-7(10)9(6)11/h2-4H,5H2,1H3,(H,12,13).